The molecule has 0 saturated carbocycles. The summed E-state index contributed by atoms with van der Waals surface area (Å²) >= 11 is 0. The van der Waals surface area contributed by atoms with Crippen molar-refractivity contribution in [1.29, 1.82) is 0 Å². The number of fused-ring (bicyclic) bond motifs is 2. The quantitative estimate of drug-likeness (QED) is 0.122. The molecule has 280 valence electrons. The minimum Gasteiger partial charge on any atom is -0.450 e. The van der Waals surface area contributed by atoms with Gasteiger partial charge < -0.3 is 52.0 Å². The average Bonchev–Trinajstić information content (AvgIpc) is 3.11. The SMILES string of the molecule is CCOC(=O)Nc1cc2c(c(N)n1)N=C(c1ccccc1)[C@H](C)N2.C[C@@H]1Nc2cc(NC(=O)OCCO)nc(N)c2N=C1c1ccccc1.OC(O)O. The van der Waals surface area contributed by atoms with Gasteiger partial charge >= 0.3 is 12.2 Å². The van der Waals surface area contributed by atoms with Gasteiger partial charge in [-0.3, -0.25) is 10.6 Å². The maximum Gasteiger partial charge on any atom is 0.412 e. The Hall–Kier alpha value is -6.34. The molecule has 4 aromatic rings. The first-order valence-corrected chi connectivity index (χ1v) is 16.3. The number of aromatic nitrogens is 2. The van der Waals surface area contributed by atoms with E-state index < -0.39 is 18.7 Å². The Morgan fingerprint density at radius 3 is 1.53 bits per heavy atom. The second kappa shape index (κ2) is 18.8. The number of nitrogens with two attached hydrogens (primary N) is 2. The Kier molecular flexibility index (Phi) is 14.0. The number of anilines is 6. The predicted molar refractivity (Wildman–Crippen MR) is 202 cm³/mol. The highest BCUT2D eigenvalue weighted by atomic mass is 16.6. The molecule has 2 atom stereocenters. The molecule has 18 nitrogen and oxygen atoms in total. The van der Waals surface area contributed by atoms with Crippen LogP contribution in [0.2, 0.25) is 0 Å². The Balaban J connectivity index is 0.000000215. The van der Waals surface area contributed by atoms with Crippen molar-refractivity contribution >= 4 is 69.6 Å². The van der Waals surface area contributed by atoms with E-state index in [1.165, 1.54) is 0 Å². The summed E-state index contributed by atoms with van der Waals surface area (Å²) in [5, 5.41) is 41.9. The van der Waals surface area contributed by atoms with E-state index in [2.05, 4.69) is 41.2 Å². The lowest BCUT2D eigenvalue weighted by atomic mass is 10.0. The van der Waals surface area contributed by atoms with E-state index in [1.807, 2.05) is 74.5 Å². The number of hydrogen-bond donors (Lipinski definition) is 10. The number of carbonyl (C=O) groups excluding carboxylic acids is 2. The molecule has 2 aliphatic heterocycles. The average molecular weight is 731 g/mol. The van der Waals surface area contributed by atoms with E-state index in [-0.39, 0.29) is 49.4 Å². The topological polar surface area (TPSA) is 284 Å². The summed E-state index contributed by atoms with van der Waals surface area (Å²) in [5.41, 5.74) is 18.3. The number of pyridine rings is 2. The zero-order chi connectivity index (χ0) is 38.5. The number of nitrogen functional groups attached to an aromatic ring is 2. The fraction of sp³-hybridized carbons (Fsp3) is 0.257. The summed E-state index contributed by atoms with van der Waals surface area (Å²) in [5.74, 6) is 1.01. The molecule has 2 amide bonds. The fourth-order valence-corrected chi connectivity index (χ4v) is 5.13. The van der Waals surface area contributed by atoms with Crippen molar-refractivity contribution in [2.75, 3.05) is 52.6 Å². The molecule has 53 heavy (non-hydrogen) atoms. The van der Waals surface area contributed by atoms with Crippen LogP contribution in [0.1, 0.15) is 31.9 Å². The van der Waals surface area contributed by atoms with E-state index in [1.54, 1.807) is 19.1 Å². The highest BCUT2D eigenvalue weighted by Gasteiger charge is 2.24. The molecule has 0 fully saturated rings. The minimum atomic E-state index is -2.17. The van der Waals surface area contributed by atoms with Gasteiger partial charge in [-0.2, -0.15) is 0 Å². The highest BCUT2D eigenvalue weighted by molar-refractivity contribution is 6.11. The molecule has 4 heterocycles. The summed E-state index contributed by atoms with van der Waals surface area (Å²) in [7, 11) is 0. The number of aliphatic hydroxyl groups is 4. The van der Waals surface area contributed by atoms with E-state index >= 15 is 0 Å². The number of aliphatic imine (C=N–C) groups is 2. The van der Waals surface area contributed by atoms with Crippen molar-refractivity contribution in [2.24, 2.45) is 9.98 Å². The van der Waals surface area contributed by atoms with Crippen LogP contribution in [0.25, 0.3) is 0 Å². The molecular formula is C35H42N10O8. The zero-order valence-electron chi connectivity index (χ0n) is 29.1. The van der Waals surface area contributed by atoms with Crippen molar-refractivity contribution < 1.29 is 39.5 Å². The summed E-state index contributed by atoms with van der Waals surface area (Å²) in [6.45, 7) is 3.52. The molecule has 2 aromatic carbocycles. The number of ether oxygens (including phenoxy) is 2. The number of nitrogens with zero attached hydrogens (tertiary/aromatic N) is 4. The van der Waals surface area contributed by atoms with Gasteiger partial charge in [0.05, 0.1) is 48.1 Å². The van der Waals surface area contributed by atoms with Gasteiger partial charge in [-0.1, -0.05) is 60.7 Å². The van der Waals surface area contributed by atoms with Crippen LogP contribution in [-0.2, 0) is 9.47 Å². The summed E-state index contributed by atoms with van der Waals surface area (Å²) in [4.78, 5) is 40.8. The van der Waals surface area contributed by atoms with Crippen LogP contribution in [0.4, 0.5) is 55.6 Å². The summed E-state index contributed by atoms with van der Waals surface area (Å²) in [6.07, 6.45) is -1.28. The molecule has 2 aliphatic rings. The first-order chi connectivity index (χ1) is 25.4. The van der Waals surface area contributed by atoms with Crippen LogP contribution >= 0.6 is 0 Å². The van der Waals surface area contributed by atoms with Crippen molar-refractivity contribution in [2.45, 2.75) is 39.3 Å². The number of amides is 2. The van der Waals surface area contributed by atoms with Crippen LogP contribution in [0.15, 0.2) is 82.8 Å². The number of benzene rings is 2. The number of rotatable bonds is 7. The fourth-order valence-electron chi connectivity index (χ4n) is 5.13. The van der Waals surface area contributed by atoms with Gasteiger partial charge in [0.15, 0.2) is 11.6 Å². The molecular weight excluding hydrogens is 688 g/mol. The van der Waals surface area contributed by atoms with E-state index in [9.17, 15) is 9.59 Å². The normalized spacial score (nSPS) is 15.2. The molecule has 6 rings (SSSR count). The highest BCUT2D eigenvalue weighted by Crippen LogP contribution is 2.38. The van der Waals surface area contributed by atoms with Crippen molar-refractivity contribution in [3.63, 3.8) is 0 Å². The van der Waals surface area contributed by atoms with E-state index in [0.717, 1.165) is 28.2 Å². The van der Waals surface area contributed by atoms with Gasteiger partial charge in [0.2, 0.25) is 0 Å². The van der Waals surface area contributed by atoms with Gasteiger partial charge in [0.25, 0.3) is 6.48 Å². The molecule has 2 aromatic heterocycles. The van der Waals surface area contributed by atoms with Gasteiger partial charge in [-0.25, -0.2) is 29.5 Å². The van der Waals surface area contributed by atoms with Gasteiger partial charge in [-0.15, -0.1) is 0 Å². The molecule has 0 bridgehead atoms. The predicted octanol–water partition coefficient (Wildman–Crippen LogP) is 3.55. The summed E-state index contributed by atoms with van der Waals surface area (Å²) in [6, 6.07) is 23.0. The first kappa shape index (κ1) is 39.4. The molecule has 18 heteroatoms. The number of aliphatic hydroxyl groups excluding tert-OH is 2. The largest absolute Gasteiger partial charge is 0.450 e. The third-order valence-electron chi connectivity index (χ3n) is 7.27. The molecule has 0 aliphatic carbocycles. The molecule has 0 unspecified atom stereocenters. The Morgan fingerprint density at radius 2 is 1.15 bits per heavy atom. The van der Waals surface area contributed by atoms with Gasteiger partial charge in [0.1, 0.15) is 29.6 Å². The van der Waals surface area contributed by atoms with Crippen LogP contribution in [0, 0.1) is 0 Å². The number of carbonyl (C=O) groups is 2. The third-order valence-corrected chi connectivity index (χ3v) is 7.27. The molecule has 0 saturated heterocycles. The maximum atomic E-state index is 11.6. The molecule has 0 radical (unpaired) electrons. The smallest absolute Gasteiger partial charge is 0.412 e. The Morgan fingerprint density at radius 1 is 0.755 bits per heavy atom. The lowest BCUT2D eigenvalue weighted by molar-refractivity contribution is -0.198. The Bertz CT molecular complexity index is 1920. The number of hydrogen-bond acceptors (Lipinski definition) is 16. The van der Waals surface area contributed by atoms with Crippen molar-refractivity contribution in [1.82, 2.24) is 9.97 Å². The zero-order valence-corrected chi connectivity index (χ0v) is 29.1. The van der Waals surface area contributed by atoms with Crippen LogP contribution in [0.3, 0.4) is 0 Å². The number of nitrogens with one attached hydrogen (secondary N) is 4. The molecule has 0 spiro atoms. The third kappa shape index (κ3) is 11.1. The van der Waals surface area contributed by atoms with Crippen LogP contribution in [-0.4, -0.2) is 92.4 Å². The second-order valence-corrected chi connectivity index (χ2v) is 11.2. The van der Waals surface area contributed by atoms with Crippen molar-refractivity contribution in [3.05, 3.63) is 83.9 Å². The van der Waals surface area contributed by atoms with E-state index in [4.69, 9.17) is 41.4 Å². The van der Waals surface area contributed by atoms with Crippen LogP contribution < -0.4 is 32.7 Å². The summed E-state index contributed by atoms with van der Waals surface area (Å²) < 4.78 is 9.59. The minimum absolute atomic E-state index is 0.00265. The standard InChI is InChI=1S/C17H19N5O3.C17H19N5O2.CH4O3/c1-10-14(11-5-3-2-4-6-11)22-15-12(19-10)9-13(20-16(15)18)21-17(24)25-8-7-23;1-3-24-17(23)21-13-9-12-15(16(18)20-13)22-14(10(2)19-12)11-7-5-4-6-8-11;2-1(3)4/h2-6,9-10,19,23H,7-8H2,1H3,(H3,18,20,21,24);4-10,19H,3H2,1-2H3,(H3,18,20,21,23);1-4H/t2*10-;/m00./s1. The lowest BCUT2D eigenvalue weighted by Crippen LogP contribution is -2.30. The molecule has 12 N–H and O–H groups in total. The van der Waals surface area contributed by atoms with Crippen LogP contribution in [0.5, 0.6) is 0 Å². The first-order valence-electron chi connectivity index (χ1n) is 16.3. The monoisotopic (exact) mass is 730 g/mol. The maximum absolute atomic E-state index is 11.6. The van der Waals surface area contributed by atoms with Gasteiger partial charge in [-0.05, 0) is 31.9 Å². The van der Waals surface area contributed by atoms with E-state index in [0.29, 0.717) is 22.9 Å². The second-order valence-electron chi connectivity index (χ2n) is 11.2. The lowest BCUT2D eigenvalue weighted by Gasteiger charge is -2.25. The van der Waals surface area contributed by atoms with Crippen molar-refractivity contribution in [3.8, 4) is 0 Å². The Labute approximate surface area is 304 Å². The van der Waals surface area contributed by atoms with Gasteiger partial charge in [0, 0.05) is 12.1 Å².